The average Bonchev–Trinajstić information content (AvgIpc) is 2.39. The Morgan fingerprint density at radius 3 is 2.55 bits per heavy atom. The lowest BCUT2D eigenvalue weighted by Gasteiger charge is -2.19. The van der Waals surface area contributed by atoms with Gasteiger partial charge in [0.2, 0.25) is 0 Å². The lowest BCUT2D eigenvalue weighted by molar-refractivity contribution is -0.143. The Kier molecular flexibility index (Phi) is 6.02. The van der Waals surface area contributed by atoms with Crippen molar-refractivity contribution in [1.82, 2.24) is 5.32 Å². The van der Waals surface area contributed by atoms with Crippen LogP contribution >= 0.6 is 11.6 Å². The molecule has 20 heavy (non-hydrogen) atoms. The maximum Gasteiger partial charge on any atom is 0.328 e. The minimum absolute atomic E-state index is 0.264. The number of hydrogen-bond acceptors (Lipinski definition) is 3. The number of ether oxygens (including phenoxy) is 1. The van der Waals surface area contributed by atoms with Crippen LogP contribution < -0.4 is 5.32 Å². The molecule has 0 aromatic heterocycles. The summed E-state index contributed by atoms with van der Waals surface area (Å²) < 4.78 is 4.72. The van der Waals surface area contributed by atoms with Crippen LogP contribution in [-0.4, -0.2) is 25.0 Å². The normalized spacial score (nSPS) is 12.1. The predicted molar refractivity (Wildman–Crippen MR) is 78.9 cm³/mol. The topological polar surface area (TPSA) is 55.4 Å². The summed E-state index contributed by atoms with van der Waals surface area (Å²) in [6.07, 6.45) is 0.526. The van der Waals surface area contributed by atoms with Gasteiger partial charge in [0.15, 0.2) is 0 Å². The van der Waals surface area contributed by atoms with Crippen LogP contribution in [0, 0.1) is 12.8 Å². The highest BCUT2D eigenvalue weighted by Gasteiger charge is 2.23. The van der Waals surface area contributed by atoms with Gasteiger partial charge in [-0.15, -0.1) is 0 Å². The molecule has 1 aromatic carbocycles. The SMILES string of the molecule is COC(=O)C(CC(C)C)NC(=O)c1cccc(Cl)c1C. The second-order valence-corrected chi connectivity index (χ2v) is 5.50. The van der Waals surface area contributed by atoms with Crippen LogP contribution in [0.1, 0.15) is 36.2 Å². The summed E-state index contributed by atoms with van der Waals surface area (Å²) in [6.45, 7) is 5.73. The fourth-order valence-corrected chi connectivity index (χ4v) is 2.09. The lowest BCUT2D eigenvalue weighted by atomic mass is 10.0. The number of halogens is 1. The van der Waals surface area contributed by atoms with E-state index in [1.807, 2.05) is 13.8 Å². The van der Waals surface area contributed by atoms with E-state index in [1.165, 1.54) is 7.11 Å². The van der Waals surface area contributed by atoms with Gasteiger partial charge >= 0.3 is 5.97 Å². The Morgan fingerprint density at radius 1 is 1.35 bits per heavy atom. The van der Waals surface area contributed by atoms with Crippen LogP contribution in [-0.2, 0) is 9.53 Å². The summed E-state index contributed by atoms with van der Waals surface area (Å²) in [5.41, 5.74) is 1.16. The molecule has 0 radical (unpaired) electrons. The zero-order valence-electron chi connectivity index (χ0n) is 12.2. The number of nitrogens with one attached hydrogen (secondary N) is 1. The number of carbonyl (C=O) groups is 2. The molecule has 0 aliphatic rings. The highest BCUT2D eigenvalue weighted by molar-refractivity contribution is 6.31. The van der Waals surface area contributed by atoms with Gasteiger partial charge in [0.05, 0.1) is 7.11 Å². The smallest absolute Gasteiger partial charge is 0.328 e. The van der Waals surface area contributed by atoms with Crippen LogP contribution in [0.2, 0.25) is 5.02 Å². The first-order valence-corrected chi connectivity index (χ1v) is 6.88. The molecule has 4 nitrogen and oxygen atoms in total. The Balaban J connectivity index is 2.90. The summed E-state index contributed by atoms with van der Waals surface area (Å²) in [4.78, 5) is 24.0. The first-order valence-electron chi connectivity index (χ1n) is 6.50. The molecule has 0 aliphatic heterocycles. The average molecular weight is 298 g/mol. The molecule has 5 heteroatoms. The third-order valence-electron chi connectivity index (χ3n) is 3.01. The second kappa shape index (κ2) is 7.29. The molecular weight excluding hydrogens is 278 g/mol. The Hall–Kier alpha value is -1.55. The first-order chi connectivity index (χ1) is 9.36. The Bertz CT molecular complexity index is 500. The first kappa shape index (κ1) is 16.5. The molecule has 1 rings (SSSR count). The van der Waals surface area contributed by atoms with Gasteiger partial charge in [-0.25, -0.2) is 4.79 Å². The number of benzene rings is 1. The van der Waals surface area contributed by atoms with E-state index in [9.17, 15) is 9.59 Å². The molecule has 1 unspecified atom stereocenters. The van der Waals surface area contributed by atoms with Gasteiger partial charge in [-0.2, -0.15) is 0 Å². The molecule has 0 bridgehead atoms. The zero-order valence-corrected chi connectivity index (χ0v) is 13.0. The van der Waals surface area contributed by atoms with Gasteiger partial charge < -0.3 is 10.1 Å². The summed E-state index contributed by atoms with van der Waals surface area (Å²) in [6, 6.07) is 4.46. The van der Waals surface area contributed by atoms with Crippen molar-refractivity contribution in [2.45, 2.75) is 33.2 Å². The minimum Gasteiger partial charge on any atom is -0.467 e. The van der Waals surface area contributed by atoms with E-state index in [1.54, 1.807) is 25.1 Å². The van der Waals surface area contributed by atoms with E-state index >= 15 is 0 Å². The number of carbonyl (C=O) groups excluding carboxylic acids is 2. The molecule has 0 spiro atoms. The summed E-state index contributed by atoms with van der Waals surface area (Å²) >= 11 is 6.00. The van der Waals surface area contributed by atoms with E-state index in [0.717, 1.165) is 0 Å². The highest BCUT2D eigenvalue weighted by atomic mass is 35.5. The van der Waals surface area contributed by atoms with Gasteiger partial charge in [0.25, 0.3) is 5.91 Å². The molecule has 0 fully saturated rings. The van der Waals surface area contributed by atoms with Crippen LogP contribution in [0.25, 0.3) is 0 Å². The summed E-state index contributed by atoms with van der Waals surface area (Å²) in [5, 5.41) is 3.24. The number of amides is 1. The van der Waals surface area contributed by atoms with Crippen molar-refractivity contribution < 1.29 is 14.3 Å². The highest BCUT2D eigenvalue weighted by Crippen LogP contribution is 2.19. The molecule has 1 aromatic rings. The van der Waals surface area contributed by atoms with Gasteiger partial charge in [0, 0.05) is 10.6 Å². The number of esters is 1. The summed E-state index contributed by atoms with van der Waals surface area (Å²) in [5.74, 6) is -0.493. The second-order valence-electron chi connectivity index (χ2n) is 5.09. The molecule has 0 saturated carbocycles. The maximum atomic E-state index is 12.3. The predicted octanol–water partition coefficient (Wildman–Crippen LogP) is 2.97. The van der Waals surface area contributed by atoms with Crippen LogP contribution in [0.4, 0.5) is 0 Å². The van der Waals surface area contributed by atoms with E-state index in [0.29, 0.717) is 22.6 Å². The van der Waals surface area contributed by atoms with Crippen molar-refractivity contribution in [1.29, 1.82) is 0 Å². The van der Waals surface area contributed by atoms with Crippen molar-refractivity contribution in [2.75, 3.05) is 7.11 Å². The molecule has 1 atom stereocenters. The van der Waals surface area contributed by atoms with Crippen molar-refractivity contribution in [2.24, 2.45) is 5.92 Å². The van der Waals surface area contributed by atoms with Crippen molar-refractivity contribution in [3.63, 3.8) is 0 Å². The lowest BCUT2D eigenvalue weighted by Crippen LogP contribution is -2.42. The third kappa shape index (κ3) is 4.23. The molecule has 1 N–H and O–H groups in total. The molecule has 0 saturated heterocycles. The number of hydrogen-bond donors (Lipinski definition) is 1. The fourth-order valence-electron chi connectivity index (χ4n) is 1.92. The largest absolute Gasteiger partial charge is 0.467 e. The number of methoxy groups -OCH3 is 1. The van der Waals surface area contributed by atoms with Gasteiger partial charge in [-0.1, -0.05) is 31.5 Å². The molecule has 1 amide bonds. The van der Waals surface area contributed by atoms with E-state index in [2.05, 4.69) is 5.32 Å². The Morgan fingerprint density at radius 2 is 2.00 bits per heavy atom. The van der Waals surface area contributed by atoms with E-state index in [4.69, 9.17) is 16.3 Å². The quantitative estimate of drug-likeness (QED) is 0.850. The van der Waals surface area contributed by atoms with Crippen molar-refractivity contribution in [3.05, 3.63) is 34.3 Å². The monoisotopic (exact) mass is 297 g/mol. The number of rotatable bonds is 5. The van der Waals surface area contributed by atoms with Crippen LogP contribution in [0.5, 0.6) is 0 Å². The van der Waals surface area contributed by atoms with E-state index in [-0.39, 0.29) is 11.8 Å². The van der Waals surface area contributed by atoms with Gasteiger partial charge in [-0.05, 0) is 37.0 Å². The van der Waals surface area contributed by atoms with Crippen LogP contribution in [0.15, 0.2) is 18.2 Å². The van der Waals surface area contributed by atoms with Gasteiger partial charge in [-0.3, -0.25) is 4.79 Å². The zero-order chi connectivity index (χ0) is 15.3. The van der Waals surface area contributed by atoms with Crippen molar-refractivity contribution in [3.8, 4) is 0 Å². The van der Waals surface area contributed by atoms with Crippen molar-refractivity contribution >= 4 is 23.5 Å². The fraction of sp³-hybridized carbons (Fsp3) is 0.467. The molecule has 0 heterocycles. The maximum absolute atomic E-state index is 12.3. The molecular formula is C15H20ClNO3. The van der Waals surface area contributed by atoms with E-state index < -0.39 is 12.0 Å². The molecule has 0 aliphatic carbocycles. The van der Waals surface area contributed by atoms with Gasteiger partial charge in [0.1, 0.15) is 6.04 Å². The minimum atomic E-state index is -0.647. The third-order valence-corrected chi connectivity index (χ3v) is 3.42. The standard InChI is InChI=1S/C15H20ClNO3/c1-9(2)8-13(15(19)20-4)17-14(18)11-6-5-7-12(16)10(11)3/h5-7,9,13H,8H2,1-4H3,(H,17,18). The Labute approximate surface area is 124 Å². The van der Waals surface area contributed by atoms with Crippen LogP contribution in [0.3, 0.4) is 0 Å². The molecule has 110 valence electrons. The summed E-state index contributed by atoms with van der Waals surface area (Å²) in [7, 11) is 1.31.